The van der Waals surface area contributed by atoms with Crippen molar-refractivity contribution in [3.63, 3.8) is 0 Å². The van der Waals surface area contributed by atoms with Gasteiger partial charge in [0.2, 0.25) is 5.91 Å². The maximum absolute atomic E-state index is 12.2. The molecule has 2 atom stereocenters. The van der Waals surface area contributed by atoms with E-state index in [-0.39, 0.29) is 12.0 Å². The van der Waals surface area contributed by atoms with Crippen molar-refractivity contribution in [1.82, 2.24) is 4.90 Å². The molecule has 112 valence electrons. The highest BCUT2D eigenvalue weighted by Gasteiger charge is 2.28. The van der Waals surface area contributed by atoms with E-state index in [0.717, 1.165) is 5.56 Å². The van der Waals surface area contributed by atoms with Crippen molar-refractivity contribution >= 4 is 21.5 Å². The van der Waals surface area contributed by atoms with Crippen molar-refractivity contribution in [1.29, 1.82) is 0 Å². The van der Waals surface area contributed by atoms with Gasteiger partial charge in [0.15, 0.2) is 0 Å². The lowest BCUT2D eigenvalue weighted by Crippen LogP contribution is -2.28. The van der Waals surface area contributed by atoms with E-state index < -0.39 is 15.6 Å². The molecule has 1 fully saturated rings. The first-order chi connectivity index (χ1) is 9.88. The largest absolute Gasteiger partial charge is 0.371 e. The topological polar surface area (TPSA) is 76.0 Å². The van der Waals surface area contributed by atoms with E-state index in [4.69, 9.17) is 4.74 Å². The van der Waals surface area contributed by atoms with Crippen LogP contribution in [0.3, 0.4) is 0 Å². The van der Waals surface area contributed by atoms with Crippen molar-refractivity contribution in [2.75, 3.05) is 26.5 Å². The van der Waals surface area contributed by atoms with Crippen LogP contribution in [0.4, 0.5) is 0 Å². The molecule has 0 saturated carbocycles. The van der Waals surface area contributed by atoms with E-state index in [9.17, 15) is 13.8 Å². The molecule has 0 radical (unpaired) electrons. The molecule has 0 spiro atoms. The Morgan fingerprint density at radius 3 is 2.90 bits per heavy atom. The number of carbonyl (C=O) groups excluding carboxylic acids is 2. The van der Waals surface area contributed by atoms with Gasteiger partial charge in [0, 0.05) is 13.3 Å². The van der Waals surface area contributed by atoms with Gasteiger partial charge in [-0.05, 0) is 17.7 Å². The van der Waals surface area contributed by atoms with Crippen molar-refractivity contribution in [3.05, 3.63) is 29.3 Å². The number of rotatable bonds is 1. The van der Waals surface area contributed by atoms with Gasteiger partial charge in [0.05, 0.1) is 39.8 Å². The number of nitrogens with zero attached hydrogens (tertiary/aromatic N) is 2. The van der Waals surface area contributed by atoms with Gasteiger partial charge in [-0.3, -0.25) is 9.59 Å². The predicted molar refractivity (Wildman–Crippen MR) is 76.5 cm³/mol. The average molecular weight is 308 g/mol. The fourth-order valence-electron chi connectivity index (χ4n) is 2.59. The average Bonchev–Trinajstić information content (AvgIpc) is 2.56. The lowest BCUT2D eigenvalue weighted by atomic mass is 10.1. The lowest BCUT2D eigenvalue weighted by Gasteiger charge is -2.20. The van der Waals surface area contributed by atoms with Gasteiger partial charge in [0.25, 0.3) is 5.91 Å². The molecule has 6 nitrogen and oxygen atoms in total. The molecular formula is C14H16N2O4S. The minimum Gasteiger partial charge on any atom is -0.371 e. The van der Waals surface area contributed by atoms with Crippen LogP contribution in [-0.4, -0.2) is 47.4 Å². The van der Waals surface area contributed by atoms with Crippen LogP contribution in [0, 0.1) is 0 Å². The molecule has 2 heterocycles. The Morgan fingerprint density at radius 1 is 1.38 bits per heavy atom. The third-order valence-corrected chi connectivity index (χ3v) is 5.46. The molecule has 2 aliphatic rings. The fourth-order valence-corrected chi connectivity index (χ4v) is 3.97. The van der Waals surface area contributed by atoms with Crippen LogP contribution in [0.15, 0.2) is 27.5 Å². The monoisotopic (exact) mass is 308 g/mol. The summed E-state index contributed by atoms with van der Waals surface area (Å²) in [5, 5.41) is 0. The highest BCUT2D eigenvalue weighted by Crippen LogP contribution is 2.30. The van der Waals surface area contributed by atoms with E-state index in [1.165, 1.54) is 6.26 Å². The van der Waals surface area contributed by atoms with Crippen molar-refractivity contribution in [2.24, 2.45) is 4.36 Å². The Bertz CT molecular complexity index is 749. The second kappa shape index (κ2) is 4.92. The van der Waals surface area contributed by atoms with Gasteiger partial charge >= 0.3 is 0 Å². The Hall–Kier alpha value is -1.73. The minimum atomic E-state index is -2.61. The van der Waals surface area contributed by atoms with E-state index >= 15 is 0 Å². The number of fused-ring (bicyclic) bond motifs is 1. The maximum Gasteiger partial charge on any atom is 0.286 e. The Kier molecular flexibility index (Phi) is 3.33. The first-order valence-electron chi connectivity index (χ1n) is 6.64. The van der Waals surface area contributed by atoms with E-state index in [2.05, 4.69) is 4.36 Å². The van der Waals surface area contributed by atoms with Crippen molar-refractivity contribution in [2.45, 2.75) is 17.4 Å². The zero-order chi connectivity index (χ0) is 15.2. The molecule has 0 N–H and O–H groups in total. The number of benzene rings is 1. The van der Waals surface area contributed by atoms with E-state index in [1.54, 1.807) is 30.1 Å². The van der Waals surface area contributed by atoms with Crippen LogP contribution in [0.25, 0.3) is 0 Å². The molecule has 2 aliphatic heterocycles. The van der Waals surface area contributed by atoms with Crippen LogP contribution in [-0.2, 0) is 19.3 Å². The molecule has 7 heteroatoms. The molecule has 0 unspecified atom stereocenters. The second-order valence-corrected chi connectivity index (χ2v) is 7.57. The number of hydrogen-bond donors (Lipinski definition) is 0. The molecule has 0 aliphatic carbocycles. The van der Waals surface area contributed by atoms with E-state index in [1.807, 2.05) is 0 Å². The molecule has 0 bridgehead atoms. The third kappa shape index (κ3) is 2.47. The van der Waals surface area contributed by atoms with E-state index in [0.29, 0.717) is 30.0 Å². The zero-order valence-electron chi connectivity index (χ0n) is 11.9. The summed E-state index contributed by atoms with van der Waals surface area (Å²) in [6.45, 7) is 0.790. The first kappa shape index (κ1) is 14.2. The Labute approximate surface area is 123 Å². The SMILES string of the molecule is CN1C[C@@H](c2ccc3c(c2)C(=O)N=[S@]3(C)=O)OCCC1=O. The number of carbonyl (C=O) groups is 2. The summed E-state index contributed by atoms with van der Waals surface area (Å²) in [6, 6.07) is 5.16. The van der Waals surface area contributed by atoms with Crippen LogP contribution >= 0.6 is 0 Å². The standard InChI is InChI=1S/C14H16N2O4S/c1-16-8-11(20-6-5-13(16)17)9-3-4-12-10(7-9)14(18)15-21(12,2)19/h3-4,7,11H,5-6,8H2,1-2H3/t11-,21+/m0/s1. The van der Waals surface area contributed by atoms with Crippen LogP contribution in [0.2, 0.25) is 0 Å². The number of ether oxygens (including phenoxy) is 1. The third-order valence-electron chi connectivity index (χ3n) is 3.77. The predicted octanol–water partition coefficient (Wildman–Crippen LogP) is 1.22. The van der Waals surface area contributed by atoms with Gasteiger partial charge in [-0.25, -0.2) is 4.21 Å². The number of amides is 2. The van der Waals surface area contributed by atoms with Gasteiger partial charge in [-0.1, -0.05) is 6.07 Å². The molecule has 1 saturated heterocycles. The first-order valence-corrected chi connectivity index (χ1v) is 8.57. The second-order valence-electron chi connectivity index (χ2n) is 5.34. The van der Waals surface area contributed by atoms with Crippen LogP contribution < -0.4 is 0 Å². The van der Waals surface area contributed by atoms with Crippen molar-refractivity contribution in [3.8, 4) is 0 Å². The van der Waals surface area contributed by atoms with Gasteiger partial charge in [-0.2, -0.15) is 4.36 Å². The smallest absolute Gasteiger partial charge is 0.286 e. The van der Waals surface area contributed by atoms with Gasteiger partial charge in [-0.15, -0.1) is 0 Å². The summed E-state index contributed by atoms with van der Waals surface area (Å²) < 4.78 is 21.6. The Balaban J connectivity index is 1.96. The highest BCUT2D eigenvalue weighted by atomic mass is 32.2. The highest BCUT2D eigenvalue weighted by molar-refractivity contribution is 7.93. The lowest BCUT2D eigenvalue weighted by molar-refractivity contribution is -0.129. The van der Waals surface area contributed by atoms with Crippen LogP contribution in [0.5, 0.6) is 0 Å². The minimum absolute atomic E-state index is 0.0429. The van der Waals surface area contributed by atoms with Crippen LogP contribution in [0.1, 0.15) is 28.4 Å². The van der Waals surface area contributed by atoms with Gasteiger partial charge in [0.1, 0.15) is 6.10 Å². The molecule has 1 aromatic carbocycles. The summed E-state index contributed by atoms with van der Waals surface area (Å²) in [7, 11) is -0.876. The molecule has 0 aromatic heterocycles. The van der Waals surface area contributed by atoms with Crippen molar-refractivity contribution < 1.29 is 18.5 Å². The fraction of sp³-hybridized carbons (Fsp3) is 0.429. The Morgan fingerprint density at radius 2 is 2.14 bits per heavy atom. The normalized spacial score (nSPS) is 29.0. The number of hydrogen-bond acceptors (Lipinski definition) is 4. The molecule has 1 aromatic rings. The molecule has 3 rings (SSSR count). The zero-order valence-corrected chi connectivity index (χ0v) is 12.7. The summed E-state index contributed by atoms with van der Waals surface area (Å²) in [6.07, 6.45) is 1.54. The summed E-state index contributed by atoms with van der Waals surface area (Å²) >= 11 is 0. The molecule has 21 heavy (non-hydrogen) atoms. The summed E-state index contributed by atoms with van der Waals surface area (Å²) in [5.41, 5.74) is 1.18. The quantitative estimate of drug-likeness (QED) is 0.781. The maximum atomic E-state index is 12.2. The number of likely N-dealkylation sites (N-methyl/N-ethyl adjacent to an activating group) is 1. The summed E-state index contributed by atoms with van der Waals surface area (Å²) in [4.78, 5) is 25.6. The molecule has 2 amide bonds. The van der Waals surface area contributed by atoms with Gasteiger partial charge < -0.3 is 9.64 Å². The summed E-state index contributed by atoms with van der Waals surface area (Å²) in [5.74, 6) is -0.404. The molecular weight excluding hydrogens is 292 g/mol.